The fourth-order valence-corrected chi connectivity index (χ4v) is 5.35. The first-order chi connectivity index (χ1) is 14.6. The topological polar surface area (TPSA) is 85.6 Å². The Hall–Kier alpha value is -3.00. The molecule has 2 aliphatic rings. The maximum Gasteiger partial charge on any atom is 0.185 e. The highest BCUT2D eigenvalue weighted by Gasteiger charge is 2.52. The number of anilines is 2. The van der Waals surface area contributed by atoms with Crippen molar-refractivity contribution in [2.75, 3.05) is 31.3 Å². The number of para-hydroxylation sites is 1. The molecule has 1 spiro atoms. The van der Waals surface area contributed by atoms with Gasteiger partial charge in [0.15, 0.2) is 22.6 Å². The van der Waals surface area contributed by atoms with E-state index in [1.807, 2.05) is 31.3 Å². The van der Waals surface area contributed by atoms with E-state index in [0.717, 1.165) is 41.8 Å². The largest absolute Gasteiger partial charge is 0.497 e. The molecule has 3 aromatic rings. The van der Waals surface area contributed by atoms with Gasteiger partial charge in [0.05, 0.1) is 14.2 Å². The molecule has 156 valence electrons. The maximum atomic E-state index is 13.0. The van der Waals surface area contributed by atoms with Gasteiger partial charge in [-0.2, -0.15) is 0 Å². The molecule has 1 saturated carbocycles. The van der Waals surface area contributed by atoms with Gasteiger partial charge in [0.25, 0.3) is 0 Å². The van der Waals surface area contributed by atoms with Crippen molar-refractivity contribution in [3.63, 3.8) is 0 Å². The van der Waals surface area contributed by atoms with Crippen molar-refractivity contribution >= 4 is 22.5 Å². The maximum absolute atomic E-state index is 13.0. The van der Waals surface area contributed by atoms with Crippen LogP contribution in [0, 0.1) is 0 Å². The van der Waals surface area contributed by atoms with Gasteiger partial charge in [0.2, 0.25) is 0 Å². The lowest BCUT2D eigenvalue weighted by molar-refractivity contribution is 0.404. The molecule has 0 bridgehead atoms. The van der Waals surface area contributed by atoms with Crippen molar-refractivity contribution < 1.29 is 18.2 Å². The second-order valence-corrected chi connectivity index (χ2v) is 8.85. The quantitative estimate of drug-likeness (QED) is 0.618. The number of hydrogen-bond donors (Lipinski definition) is 2. The van der Waals surface area contributed by atoms with Crippen LogP contribution in [-0.2, 0) is 22.8 Å². The Bertz CT molecular complexity index is 1150. The predicted octanol–water partition coefficient (Wildman–Crippen LogP) is 4.12. The van der Waals surface area contributed by atoms with E-state index < -0.39 is 11.0 Å². The molecule has 8 heteroatoms. The summed E-state index contributed by atoms with van der Waals surface area (Å²) in [6.45, 7) is 0. The van der Waals surface area contributed by atoms with Crippen molar-refractivity contribution in [2.24, 2.45) is 0 Å². The van der Waals surface area contributed by atoms with Gasteiger partial charge in [-0.3, -0.25) is 4.72 Å². The van der Waals surface area contributed by atoms with Crippen molar-refractivity contribution in [3.05, 3.63) is 47.5 Å². The van der Waals surface area contributed by atoms with Gasteiger partial charge in [-0.05, 0) is 43.0 Å². The average Bonchev–Trinajstić information content (AvgIpc) is 3.44. The van der Waals surface area contributed by atoms with Crippen LogP contribution in [0.15, 0.2) is 45.8 Å². The third kappa shape index (κ3) is 2.86. The number of benzene rings is 2. The van der Waals surface area contributed by atoms with E-state index in [9.17, 15) is 4.21 Å². The summed E-state index contributed by atoms with van der Waals surface area (Å²) in [7, 11) is 3.61. The number of fused-ring (bicyclic) bond motifs is 4. The van der Waals surface area contributed by atoms with E-state index >= 15 is 0 Å². The number of ether oxygens (including phenoxy) is 2. The van der Waals surface area contributed by atoms with Gasteiger partial charge in [-0.25, -0.2) is 4.21 Å². The Kier molecular flexibility index (Phi) is 4.47. The summed E-state index contributed by atoms with van der Waals surface area (Å²) in [6, 6.07) is 11.3. The average molecular weight is 426 g/mol. The minimum atomic E-state index is -1.53. The third-order valence-electron chi connectivity index (χ3n) is 6.01. The monoisotopic (exact) mass is 425 g/mol. The molecule has 2 aromatic carbocycles. The van der Waals surface area contributed by atoms with Crippen molar-refractivity contribution in [1.82, 2.24) is 5.16 Å². The van der Waals surface area contributed by atoms with Crippen LogP contribution >= 0.6 is 0 Å². The number of rotatable bonds is 6. The second kappa shape index (κ2) is 7.05. The Labute approximate surface area is 177 Å². The van der Waals surface area contributed by atoms with Gasteiger partial charge in [0, 0.05) is 35.3 Å². The fraction of sp³-hybridized carbons (Fsp3) is 0.318. The molecular weight excluding hydrogens is 402 g/mol. The number of aromatic nitrogens is 1. The first-order valence-corrected chi connectivity index (χ1v) is 11.0. The lowest BCUT2D eigenvalue weighted by Gasteiger charge is -2.27. The zero-order valence-electron chi connectivity index (χ0n) is 17.1. The van der Waals surface area contributed by atoms with E-state index in [1.54, 1.807) is 26.4 Å². The van der Waals surface area contributed by atoms with Crippen LogP contribution in [0.1, 0.15) is 24.0 Å². The molecule has 1 aromatic heterocycles. The molecule has 0 amide bonds. The molecule has 5 rings (SSSR count). The fourth-order valence-electron chi connectivity index (χ4n) is 4.37. The Morgan fingerprint density at radius 3 is 2.67 bits per heavy atom. The number of nitrogens with zero attached hydrogens (tertiary/aromatic N) is 1. The van der Waals surface area contributed by atoms with Crippen LogP contribution in [0.2, 0.25) is 0 Å². The van der Waals surface area contributed by atoms with Crippen molar-refractivity contribution in [2.45, 2.75) is 29.6 Å². The smallest absolute Gasteiger partial charge is 0.185 e. The van der Waals surface area contributed by atoms with E-state index in [0.29, 0.717) is 22.2 Å². The predicted molar refractivity (Wildman–Crippen MR) is 116 cm³/mol. The first kappa shape index (κ1) is 19.0. The molecule has 2 aliphatic carbocycles. The molecule has 30 heavy (non-hydrogen) atoms. The minimum Gasteiger partial charge on any atom is -0.497 e. The number of methoxy groups -OCH3 is 2. The summed E-state index contributed by atoms with van der Waals surface area (Å²) in [5.74, 6) is 2.54. The Morgan fingerprint density at radius 1 is 1.17 bits per heavy atom. The summed E-state index contributed by atoms with van der Waals surface area (Å²) in [5, 5.41) is 7.55. The summed E-state index contributed by atoms with van der Waals surface area (Å²) in [4.78, 5) is 0.563. The number of nitrogens with one attached hydrogen (secondary N) is 2. The molecule has 1 unspecified atom stereocenters. The van der Waals surface area contributed by atoms with Crippen molar-refractivity contribution in [1.29, 1.82) is 0 Å². The first-order valence-electron chi connectivity index (χ1n) is 9.81. The minimum absolute atomic E-state index is 0.0564. The highest BCUT2D eigenvalue weighted by atomic mass is 32.2. The molecule has 0 aliphatic heterocycles. The highest BCUT2D eigenvalue weighted by Crippen LogP contribution is 2.61. The highest BCUT2D eigenvalue weighted by molar-refractivity contribution is 7.86. The Morgan fingerprint density at radius 2 is 1.97 bits per heavy atom. The van der Waals surface area contributed by atoms with E-state index in [4.69, 9.17) is 14.0 Å². The second-order valence-electron chi connectivity index (χ2n) is 7.67. The van der Waals surface area contributed by atoms with Crippen LogP contribution in [0.25, 0.3) is 11.3 Å². The summed E-state index contributed by atoms with van der Waals surface area (Å²) < 4.78 is 32.7. The van der Waals surface area contributed by atoms with Gasteiger partial charge < -0.3 is 19.3 Å². The standard InChI is InChI=1S/C22H23N3O4S/c1-23-16-11-13(27-2)10-14-19(16)22(8-9-22)12-15-20(14)29-24-21(15)25-30(26)18-7-5-4-6-17(18)28-3/h4-7,10-11,23H,8-9,12H2,1-3H3,(H,24,25). The molecule has 1 heterocycles. The summed E-state index contributed by atoms with van der Waals surface area (Å²) in [5.41, 5.74) is 4.31. The lowest BCUT2D eigenvalue weighted by atomic mass is 9.78. The van der Waals surface area contributed by atoms with Gasteiger partial charge in [-0.1, -0.05) is 17.3 Å². The van der Waals surface area contributed by atoms with E-state index in [-0.39, 0.29) is 5.41 Å². The Balaban J connectivity index is 1.57. The zero-order chi connectivity index (χ0) is 20.9. The summed E-state index contributed by atoms with van der Waals surface area (Å²) in [6.07, 6.45) is 2.99. The lowest BCUT2D eigenvalue weighted by Crippen LogP contribution is -2.20. The SMILES string of the molecule is CNc1cc(OC)cc2c1C1(CC1)Cc1c(NS(=O)c3ccccc3OC)noc1-2. The zero-order valence-corrected chi connectivity index (χ0v) is 17.9. The van der Waals surface area contributed by atoms with Crippen molar-refractivity contribution in [3.8, 4) is 22.8 Å². The van der Waals surface area contributed by atoms with Gasteiger partial charge in [0.1, 0.15) is 16.4 Å². The van der Waals surface area contributed by atoms with Crippen LogP contribution in [0.3, 0.4) is 0 Å². The van der Waals surface area contributed by atoms with Crippen LogP contribution in [-0.4, -0.2) is 30.6 Å². The number of hydrogen-bond acceptors (Lipinski definition) is 6. The van der Waals surface area contributed by atoms with Gasteiger partial charge >= 0.3 is 0 Å². The third-order valence-corrected chi connectivity index (χ3v) is 7.12. The molecule has 1 fully saturated rings. The van der Waals surface area contributed by atoms with Crippen LogP contribution < -0.4 is 19.5 Å². The molecule has 7 nitrogen and oxygen atoms in total. The summed E-state index contributed by atoms with van der Waals surface area (Å²) >= 11 is 0. The normalized spacial score (nSPS) is 16.4. The molecule has 2 N–H and O–H groups in total. The molecule has 0 radical (unpaired) electrons. The molecule has 1 atom stereocenters. The molecule has 0 saturated heterocycles. The van der Waals surface area contributed by atoms with Crippen LogP contribution in [0.5, 0.6) is 11.5 Å². The molecular formula is C22H23N3O4S. The van der Waals surface area contributed by atoms with E-state index in [2.05, 4.69) is 15.2 Å². The van der Waals surface area contributed by atoms with Gasteiger partial charge in [-0.15, -0.1) is 0 Å². The van der Waals surface area contributed by atoms with E-state index in [1.165, 1.54) is 5.56 Å². The van der Waals surface area contributed by atoms with Crippen LogP contribution in [0.4, 0.5) is 11.5 Å².